The molecule has 2 saturated heterocycles. The summed E-state index contributed by atoms with van der Waals surface area (Å²) in [5.74, 6) is -0.669. The number of carbonyl (C=O) groups excluding carboxylic acids is 1. The molecule has 232 valence electrons. The molecule has 1 amide bonds. The number of nitriles is 1. The summed E-state index contributed by atoms with van der Waals surface area (Å²) in [5, 5.41) is 13.3. The Hall–Kier alpha value is -4.10. The van der Waals surface area contributed by atoms with E-state index in [0.717, 1.165) is 54.0 Å². The molecule has 0 aromatic heterocycles. The molecular weight excluding hydrogens is 575 g/mol. The second-order valence-electron chi connectivity index (χ2n) is 12.1. The molecule has 0 aliphatic carbocycles. The zero-order valence-corrected chi connectivity index (χ0v) is 26.9. The molecule has 5 rings (SSSR count). The van der Waals surface area contributed by atoms with Gasteiger partial charge in [-0.2, -0.15) is 5.26 Å². The number of para-hydroxylation sites is 1. The maximum absolute atomic E-state index is 14.7. The lowest BCUT2D eigenvalue weighted by molar-refractivity contribution is 0.0672. The molecule has 2 N–H and O–H groups in total. The highest BCUT2D eigenvalue weighted by Crippen LogP contribution is 2.34. The van der Waals surface area contributed by atoms with Gasteiger partial charge in [0.15, 0.2) is 0 Å². The molecule has 2 atom stereocenters. The molecule has 0 spiro atoms. The lowest BCUT2D eigenvalue weighted by Crippen LogP contribution is -2.54. The Morgan fingerprint density at radius 2 is 1.68 bits per heavy atom. The van der Waals surface area contributed by atoms with Gasteiger partial charge in [0, 0.05) is 62.3 Å². The number of nitrogens with one attached hydrogen (secondary N) is 2. The Morgan fingerprint density at radius 3 is 2.34 bits per heavy atom. The van der Waals surface area contributed by atoms with E-state index in [0.29, 0.717) is 36.4 Å². The standard InChI is InChI=1S/C34H41FN6O2S/c1-22-19-23(2)32(38-27-13-15-39(16-14-27)29-11-7-6-9-26(29)20-36)25(4)31(22)34(42)41-18-17-40(21-24(41)3)30-12-8-10-28(35)33(30)44(5,37)43/h6-12,19,24,27,37-38H,13-18,21H2,1-5H3/t24-,44?/m0/s1. The van der Waals surface area contributed by atoms with Crippen molar-refractivity contribution < 1.29 is 13.4 Å². The molecule has 44 heavy (non-hydrogen) atoms. The van der Waals surface area contributed by atoms with Gasteiger partial charge in [-0.15, -0.1) is 0 Å². The molecular formula is C34H41FN6O2S. The van der Waals surface area contributed by atoms with Crippen LogP contribution in [0.4, 0.5) is 21.5 Å². The second kappa shape index (κ2) is 12.5. The van der Waals surface area contributed by atoms with Crippen LogP contribution in [0.5, 0.6) is 0 Å². The Kier molecular flexibility index (Phi) is 8.89. The molecule has 2 heterocycles. The van der Waals surface area contributed by atoms with Crippen LogP contribution in [0.25, 0.3) is 0 Å². The number of benzene rings is 3. The van der Waals surface area contributed by atoms with E-state index in [2.05, 4.69) is 29.3 Å². The number of hydrogen-bond donors (Lipinski definition) is 2. The van der Waals surface area contributed by atoms with E-state index < -0.39 is 15.5 Å². The van der Waals surface area contributed by atoms with Crippen molar-refractivity contribution in [3.8, 4) is 6.07 Å². The van der Waals surface area contributed by atoms with Gasteiger partial charge in [-0.1, -0.05) is 24.3 Å². The van der Waals surface area contributed by atoms with Crippen LogP contribution in [-0.2, 0) is 9.73 Å². The minimum absolute atomic E-state index is 0.0302. The van der Waals surface area contributed by atoms with Gasteiger partial charge in [0.2, 0.25) is 0 Å². The van der Waals surface area contributed by atoms with E-state index in [-0.39, 0.29) is 22.9 Å². The molecule has 0 radical (unpaired) electrons. The van der Waals surface area contributed by atoms with E-state index in [1.165, 1.54) is 12.3 Å². The van der Waals surface area contributed by atoms with Crippen LogP contribution >= 0.6 is 0 Å². The fraction of sp³-hybridized carbons (Fsp3) is 0.412. The smallest absolute Gasteiger partial charge is 0.254 e. The van der Waals surface area contributed by atoms with Crippen LogP contribution in [0.3, 0.4) is 0 Å². The average molecular weight is 617 g/mol. The van der Waals surface area contributed by atoms with Gasteiger partial charge in [-0.3, -0.25) is 4.79 Å². The van der Waals surface area contributed by atoms with Gasteiger partial charge in [-0.05, 0) is 81.5 Å². The van der Waals surface area contributed by atoms with Crippen LogP contribution in [-0.4, -0.2) is 66.1 Å². The van der Waals surface area contributed by atoms with Gasteiger partial charge in [0.1, 0.15) is 16.8 Å². The van der Waals surface area contributed by atoms with Crippen LogP contribution in [0, 0.1) is 42.7 Å². The van der Waals surface area contributed by atoms with Gasteiger partial charge in [-0.25, -0.2) is 13.4 Å². The van der Waals surface area contributed by atoms with E-state index in [4.69, 9.17) is 4.78 Å². The quantitative estimate of drug-likeness (QED) is 0.348. The van der Waals surface area contributed by atoms with E-state index in [1.54, 1.807) is 12.1 Å². The summed E-state index contributed by atoms with van der Waals surface area (Å²) < 4.78 is 35.3. The summed E-state index contributed by atoms with van der Waals surface area (Å²) >= 11 is 0. The number of rotatable bonds is 6. The third-order valence-corrected chi connectivity index (χ3v) is 10.1. The Labute approximate surface area is 260 Å². The van der Waals surface area contributed by atoms with Crippen molar-refractivity contribution in [2.75, 3.05) is 54.1 Å². The van der Waals surface area contributed by atoms with Gasteiger partial charge < -0.3 is 20.0 Å². The summed E-state index contributed by atoms with van der Waals surface area (Å²) in [5.41, 5.74) is 6.81. The molecule has 0 bridgehead atoms. The molecule has 2 aliphatic rings. The van der Waals surface area contributed by atoms with Gasteiger partial charge in [0.25, 0.3) is 5.91 Å². The zero-order valence-electron chi connectivity index (χ0n) is 26.1. The van der Waals surface area contributed by atoms with Crippen molar-refractivity contribution in [2.24, 2.45) is 0 Å². The molecule has 2 aliphatic heterocycles. The SMILES string of the molecule is Cc1cc(C)c(C(=O)N2CCN(c3cccc(F)c3S(C)(=N)=O)C[C@@H]2C)c(C)c1NC1CCN(c2ccccc2C#N)CC1. The van der Waals surface area contributed by atoms with Crippen molar-refractivity contribution >= 4 is 32.7 Å². The largest absolute Gasteiger partial charge is 0.382 e. The normalized spacial score (nSPS) is 18.9. The van der Waals surface area contributed by atoms with Crippen molar-refractivity contribution in [3.05, 3.63) is 82.2 Å². The molecule has 1 unspecified atom stereocenters. The number of aryl methyl sites for hydroxylation is 2. The number of nitrogens with zero attached hydrogens (tertiary/aromatic N) is 4. The minimum atomic E-state index is -3.28. The van der Waals surface area contributed by atoms with Crippen molar-refractivity contribution in [1.29, 1.82) is 10.0 Å². The number of carbonyl (C=O) groups is 1. The summed E-state index contributed by atoms with van der Waals surface area (Å²) in [6.45, 7) is 11.0. The van der Waals surface area contributed by atoms with Crippen molar-refractivity contribution in [2.45, 2.75) is 57.5 Å². The molecule has 2 fully saturated rings. The number of hydrogen-bond acceptors (Lipinski definition) is 7. The first kappa shape index (κ1) is 31.3. The fourth-order valence-electron chi connectivity index (χ4n) is 6.80. The summed E-state index contributed by atoms with van der Waals surface area (Å²) in [7, 11) is -3.28. The molecule has 8 nitrogen and oxygen atoms in total. The lowest BCUT2D eigenvalue weighted by atomic mass is 9.94. The Morgan fingerprint density at radius 1 is 1.00 bits per heavy atom. The van der Waals surface area contributed by atoms with E-state index >= 15 is 0 Å². The summed E-state index contributed by atoms with van der Waals surface area (Å²) in [6.07, 6.45) is 3.07. The monoisotopic (exact) mass is 616 g/mol. The number of anilines is 3. The predicted octanol–water partition coefficient (Wildman–Crippen LogP) is 6.09. The van der Waals surface area contributed by atoms with E-state index in [9.17, 15) is 18.7 Å². The first-order valence-corrected chi connectivity index (χ1v) is 17.1. The third kappa shape index (κ3) is 6.11. The molecule has 10 heteroatoms. The highest BCUT2D eigenvalue weighted by Gasteiger charge is 2.33. The molecule has 3 aromatic carbocycles. The van der Waals surface area contributed by atoms with Crippen LogP contribution in [0.2, 0.25) is 0 Å². The van der Waals surface area contributed by atoms with Gasteiger partial charge in [0.05, 0.1) is 26.7 Å². The van der Waals surface area contributed by atoms with Crippen LogP contribution < -0.4 is 15.1 Å². The van der Waals surface area contributed by atoms with Crippen molar-refractivity contribution in [1.82, 2.24) is 4.90 Å². The Balaban J connectivity index is 1.31. The summed E-state index contributed by atoms with van der Waals surface area (Å²) in [4.78, 5) is 20.1. The second-order valence-corrected chi connectivity index (χ2v) is 14.2. The fourth-order valence-corrected chi connectivity index (χ4v) is 7.84. The highest BCUT2D eigenvalue weighted by atomic mass is 32.2. The zero-order chi connectivity index (χ0) is 31.8. The number of piperazine rings is 1. The predicted molar refractivity (Wildman–Crippen MR) is 175 cm³/mol. The lowest BCUT2D eigenvalue weighted by Gasteiger charge is -2.42. The van der Waals surface area contributed by atoms with Gasteiger partial charge >= 0.3 is 0 Å². The molecule has 3 aromatic rings. The first-order chi connectivity index (χ1) is 20.9. The van der Waals surface area contributed by atoms with Crippen LogP contribution in [0.1, 0.15) is 52.4 Å². The summed E-state index contributed by atoms with van der Waals surface area (Å²) in [6, 6.07) is 16.7. The number of halogens is 1. The maximum Gasteiger partial charge on any atom is 0.254 e. The Bertz CT molecular complexity index is 1730. The minimum Gasteiger partial charge on any atom is -0.382 e. The highest BCUT2D eigenvalue weighted by molar-refractivity contribution is 7.91. The first-order valence-electron chi connectivity index (χ1n) is 15.1. The molecule has 0 saturated carbocycles. The maximum atomic E-state index is 14.7. The average Bonchev–Trinajstić information content (AvgIpc) is 2.98. The number of amides is 1. The topological polar surface area (TPSA) is 104 Å². The number of piperidine rings is 1. The van der Waals surface area contributed by atoms with E-state index in [1.807, 2.05) is 54.8 Å². The van der Waals surface area contributed by atoms with Crippen molar-refractivity contribution in [3.63, 3.8) is 0 Å². The third-order valence-electron chi connectivity index (χ3n) is 8.96. The van der Waals surface area contributed by atoms with Crippen LogP contribution in [0.15, 0.2) is 53.4 Å².